The molecule has 1 aromatic rings. The fraction of sp³-hybridized carbons (Fsp3) is 0.714. The first-order valence-corrected chi connectivity index (χ1v) is 7.00. The highest BCUT2D eigenvalue weighted by Gasteiger charge is 2.17. The Morgan fingerprint density at radius 1 is 1.28 bits per heavy atom. The van der Waals surface area contributed by atoms with Crippen molar-refractivity contribution < 1.29 is 5.11 Å². The molecule has 4 nitrogen and oxygen atoms in total. The smallest absolute Gasteiger partial charge is 0.147 e. The first-order chi connectivity index (χ1) is 8.83. The molecule has 0 aliphatic carbocycles. The summed E-state index contributed by atoms with van der Waals surface area (Å²) in [7, 11) is 0. The van der Waals surface area contributed by atoms with Crippen LogP contribution in [-0.4, -0.2) is 28.2 Å². The van der Waals surface area contributed by atoms with E-state index in [1.807, 2.05) is 0 Å². The van der Waals surface area contributed by atoms with Crippen molar-refractivity contribution in [3.8, 4) is 0 Å². The number of aliphatic hydroxyl groups excluding tert-OH is 1. The zero-order valence-corrected chi connectivity index (χ0v) is 11.2. The van der Waals surface area contributed by atoms with Crippen molar-refractivity contribution in [2.24, 2.45) is 5.92 Å². The van der Waals surface area contributed by atoms with Crippen molar-refractivity contribution >= 4 is 5.82 Å². The normalized spacial score (nSPS) is 20.8. The van der Waals surface area contributed by atoms with Crippen LogP contribution < -0.4 is 4.90 Å². The summed E-state index contributed by atoms with van der Waals surface area (Å²) in [6.07, 6.45) is 9.94. The van der Waals surface area contributed by atoms with E-state index in [0.717, 1.165) is 24.8 Å². The molecule has 1 saturated heterocycles. The topological polar surface area (TPSA) is 49.2 Å². The molecule has 0 saturated carbocycles. The van der Waals surface area contributed by atoms with E-state index in [1.165, 1.54) is 32.1 Å². The van der Waals surface area contributed by atoms with Crippen molar-refractivity contribution in [3.05, 3.63) is 18.1 Å². The van der Waals surface area contributed by atoms with Gasteiger partial charge >= 0.3 is 0 Å². The predicted octanol–water partition coefficient (Wildman–Crippen LogP) is 2.38. The van der Waals surface area contributed by atoms with Gasteiger partial charge in [-0.15, -0.1) is 0 Å². The van der Waals surface area contributed by atoms with Crippen LogP contribution in [0.15, 0.2) is 12.4 Å². The maximum atomic E-state index is 8.96. The number of hydrogen-bond acceptors (Lipinski definition) is 4. The third-order valence-electron chi connectivity index (χ3n) is 3.72. The Kier molecular flexibility index (Phi) is 4.93. The molecule has 4 heteroatoms. The van der Waals surface area contributed by atoms with Gasteiger partial charge in [-0.25, -0.2) is 4.98 Å². The van der Waals surface area contributed by atoms with Gasteiger partial charge in [0, 0.05) is 13.1 Å². The number of aromatic nitrogens is 2. The van der Waals surface area contributed by atoms with Crippen molar-refractivity contribution in [2.45, 2.75) is 45.6 Å². The first kappa shape index (κ1) is 13.3. The van der Waals surface area contributed by atoms with Crippen LogP contribution in [0.5, 0.6) is 0 Å². The van der Waals surface area contributed by atoms with Crippen LogP contribution in [0.4, 0.5) is 5.82 Å². The molecule has 1 aromatic heterocycles. The average molecular weight is 249 g/mol. The maximum absolute atomic E-state index is 8.96. The first-order valence-electron chi connectivity index (χ1n) is 7.00. The van der Waals surface area contributed by atoms with Crippen LogP contribution in [0.1, 0.15) is 44.7 Å². The molecular formula is C14H23N3O. The van der Waals surface area contributed by atoms with Crippen molar-refractivity contribution in [2.75, 3.05) is 18.0 Å². The summed E-state index contributed by atoms with van der Waals surface area (Å²) in [5, 5.41) is 8.96. The SMILES string of the molecule is CCCC1CCCN(c2cnc(CO)cn2)CC1. The number of nitrogens with zero attached hydrogens (tertiary/aromatic N) is 3. The molecule has 1 N–H and O–H groups in total. The van der Waals surface area contributed by atoms with Gasteiger partial charge in [-0.2, -0.15) is 0 Å². The van der Waals surface area contributed by atoms with Crippen LogP contribution in [0, 0.1) is 5.92 Å². The molecule has 0 spiro atoms. The molecule has 1 unspecified atom stereocenters. The molecule has 1 aliphatic rings. The lowest BCUT2D eigenvalue weighted by Crippen LogP contribution is -2.25. The van der Waals surface area contributed by atoms with Crippen LogP contribution >= 0.6 is 0 Å². The maximum Gasteiger partial charge on any atom is 0.147 e. The Hall–Kier alpha value is -1.16. The monoisotopic (exact) mass is 249 g/mol. The van der Waals surface area contributed by atoms with Gasteiger partial charge in [-0.1, -0.05) is 19.8 Å². The van der Waals surface area contributed by atoms with Gasteiger partial charge in [-0.05, 0) is 25.2 Å². The van der Waals surface area contributed by atoms with E-state index in [2.05, 4.69) is 21.8 Å². The Morgan fingerprint density at radius 3 is 2.83 bits per heavy atom. The van der Waals surface area contributed by atoms with E-state index < -0.39 is 0 Å². The van der Waals surface area contributed by atoms with Crippen molar-refractivity contribution in [3.63, 3.8) is 0 Å². The van der Waals surface area contributed by atoms with Crippen LogP contribution in [0.3, 0.4) is 0 Å². The van der Waals surface area contributed by atoms with Gasteiger partial charge in [0.2, 0.25) is 0 Å². The summed E-state index contributed by atoms with van der Waals surface area (Å²) in [4.78, 5) is 10.9. The van der Waals surface area contributed by atoms with Crippen molar-refractivity contribution in [1.29, 1.82) is 0 Å². The predicted molar refractivity (Wildman–Crippen MR) is 72.4 cm³/mol. The highest BCUT2D eigenvalue weighted by Crippen LogP contribution is 2.24. The minimum atomic E-state index is -0.0359. The Bertz CT molecular complexity index is 353. The summed E-state index contributed by atoms with van der Waals surface area (Å²) in [5.74, 6) is 1.83. The van der Waals surface area contributed by atoms with E-state index in [-0.39, 0.29) is 6.61 Å². The summed E-state index contributed by atoms with van der Waals surface area (Å²) in [6, 6.07) is 0. The molecule has 1 fully saturated rings. The second-order valence-electron chi connectivity index (χ2n) is 5.10. The summed E-state index contributed by atoms with van der Waals surface area (Å²) >= 11 is 0. The van der Waals surface area contributed by atoms with E-state index >= 15 is 0 Å². The quantitative estimate of drug-likeness (QED) is 0.890. The largest absolute Gasteiger partial charge is 0.390 e. The molecule has 18 heavy (non-hydrogen) atoms. The van der Waals surface area contributed by atoms with Gasteiger partial charge in [0.1, 0.15) is 5.82 Å². The fourth-order valence-electron chi connectivity index (χ4n) is 2.68. The molecular weight excluding hydrogens is 226 g/mol. The van der Waals surface area contributed by atoms with Crippen LogP contribution in [-0.2, 0) is 6.61 Å². The molecule has 0 aromatic carbocycles. The molecule has 2 rings (SSSR count). The Balaban J connectivity index is 1.96. The molecule has 0 amide bonds. The van der Waals surface area contributed by atoms with Crippen molar-refractivity contribution in [1.82, 2.24) is 9.97 Å². The number of aliphatic hydroxyl groups is 1. The second-order valence-corrected chi connectivity index (χ2v) is 5.10. The highest BCUT2D eigenvalue weighted by molar-refractivity contribution is 5.35. The summed E-state index contributed by atoms with van der Waals surface area (Å²) in [6.45, 7) is 4.39. The standard InChI is InChI=1S/C14H23N3O/c1-2-4-12-5-3-7-17(8-6-12)14-10-15-13(11-18)9-16-14/h9-10,12,18H,2-8,11H2,1H3. The number of anilines is 1. The van der Waals surface area contributed by atoms with E-state index in [4.69, 9.17) is 5.11 Å². The van der Waals surface area contributed by atoms with E-state index in [0.29, 0.717) is 5.69 Å². The lowest BCUT2D eigenvalue weighted by Gasteiger charge is -2.21. The minimum absolute atomic E-state index is 0.0359. The zero-order chi connectivity index (χ0) is 12.8. The fourth-order valence-corrected chi connectivity index (χ4v) is 2.68. The number of hydrogen-bond donors (Lipinski definition) is 1. The Labute approximate surface area is 109 Å². The molecule has 100 valence electrons. The third-order valence-corrected chi connectivity index (χ3v) is 3.72. The molecule has 0 radical (unpaired) electrons. The van der Waals surface area contributed by atoms with Gasteiger partial charge in [-0.3, -0.25) is 4.98 Å². The zero-order valence-electron chi connectivity index (χ0n) is 11.2. The summed E-state index contributed by atoms with van der Waals surface area (Å²) in [5.41, 5.74) is 0.637. The highest BCUT2D eigenvalue weighted by atomic mass is 16.3. The van der Waals surface area contributed by atoms with Gasteiger partial charge in [0.15, 0.2) is 0 Å². The molecule has 2 heterocycles. The molecule has 1 aliphatic heterocycles. The lowest BCUT2D eigenvalue weighted by atomic mass is 9.96. The average Bonchev–Trinajstić information content (AvgIpc) is 2.65. The van der Waals surface area contributed by atoms with Gasteiger partial charge < -0.3 is 10.0 Å². The summed E-state index contributed by atoms with van der Waals surface area (Å²) < 4.78 is 0. The lowest BCUT2D eigenvalue weighted by molar-refractivity contribution is 0.276. The van der Waals surface area contributed by atoms with Crippen LogP contribution in [0.2, 0.25) is 0 Å². The molecule has 1 atom stereocenters. The number of rotatable bonds is 4. The van der Waals surface area contributed by atoms with Gasteiger partial charge in [0.05, 0.1) is 24.7 Å². The molecule has 0 bridgehead atoms. The van der Waals surface area contributed by atoms with Crippen LogP contribution in [0.25, 0.3) is 0 Å². The second kappa shape index (κ2) is 6.69. The minimum Gasteiger partial charge on any atom is -0.390 e. The van der Waals surface area contributed by atoms with E-state index in [1.54, 1.807) is 12.4 Å². The Morgan fingerprint density at radius 2 is 2.17 bits per heavy atom. The third kappa shape index (κ3) is 3.42. The van der Waals surface area contributed by atoms with Gasteiger partial charge in [0.25, 0.3) is 0 Å². The van der Waals surface area contributed by atoms with E-state index in [9.17, 15) is 0 Å².